The van der Waals surface area contributed by atoms with E-state index in [1.54, 1.807) is 0 Å². The molecule has 1 aromatic carbocycles. The van der Waals surface area contributed by atoms with Gasteiger partial charge in [-0.3, -0.25) is 0 Å². The third kappa shape index (κ3) is 3.57. The van der Waals surface area contributed by atoms with E-state index in [4.69, 9.17) is 9.63 Å². The molecule has 1 N–H and O–H groups in total. The number of halogens is 4. The summed E-state index contributed by atoms with van der Waals surface area (Å²) in [6.45, 7) is 0.575. The topological polar surface area (TPSA) is 79.5 Å². The molecule has 1 aliphatic heterocycles. The summed E-state index contributed by atoms with van der Waals surface area (Å²) in [4.78, 5) is 16.1. The van der Waals surface area contributed by atoms with Crippen molar-refractivity contribution >= 4 is 6.09 Å². The van der Waals surface area contributed by atoms with Crippen LogP contribution in [-0.4, -0.2) is 39.3 Å². The fourth-order valence-electron chi connectivity index (χ4n) is 2.70. The van der Waals surface area contributed by atoms with Crippen molar-refractivity contribution in [3.05, 3.63) is 35.5 Å². The van der Waals surface area contributed by atoms with Gasteiger partial charge in [-0.2, -0.15) is 18.2 Å². The molecule has 0 unspecified atom stereocenters. The zero-order valence-corrected chi connectivity index (χ0v) is 12.8. The first-order valence-electron chi connectivity index (χ1n) is 7.44. The Morgan fingerprint density at radius 2 is 1.96 bits per heavy atom. The van der Waals surface area contributed by atoms with Gasteiger partial charge < -0.3 is 14.5 Å². The number of carbonyl (C=O) groups is 1. The van der Waals surface area contributed by atoms with E-state index in [0.717, 1.165) is 0 Å². The van der Waals surface area contributed by atoms with Crippen molar-refractivity contribution in [1.29, 1.82) is 0 Å². The van der Waals surface area contributed by atoms with Crippen LogP contribution in [0.25, 0.3) is 11.4 Å². The highest BCUT2D eigenvalue weighted by Crippen LogP contribution is 2.34. The van der Waals surface area contributed by atoms with E-state index >= 15 is 0 Å². The molecule has 1 saturated heterocycles. The molecule has 2 heterocycles. The first-order chi connectivity index (χ1) is 11.8. The Labute approximate surface area is 139 Å². The van der Waals surface area contributed by atoms with Gasteiger partial charge in [0.15, 0.2) is 0 Å². The minimum Gasteiger partial charge on any atom is -0.465 e. The fraction of sp³-hybridized carbons (Fsp3) is 0.400. The summed E-state index contributed by atoms with van der Waals surface area (Å²) in [5.41, 5.74) is -1.40. The van der Waals surface area contributed by atoms with Gasteiger partial charge in [-0.05, 0) is 31.0 Å². The Balaban J connectivity index is 1.82. The molecule has 0 aliphatic carbocycles. The number of hydrogen-bond donors (Lipinski definition) is 1. The molecule has 0 radical (unpaired) electrons. The van der Waals surface area contributed by atoms with E-state index in [9.17, 15) is 22.4 Å². The SMILES string of the molecule is O=C(O)N1CCC(c2nc(-c3cc(C(F)(F)F)ccc3F)no2)CC1. The number of hydrogen-bond acceptors (Lipinski definition) is 4. The van der Waals surface area contributed by atoms with Crippen LogP contribution >= 0.6 is 0 Å². The van der Waals surface area contributed by atoms with Crippen LogP contribution in [0.1, 0.15) is 30.2 Å². The standard InChI is InChI=1S/C15H13F4N3O3/c16-11-2-1-9(15(17,18)19)7-10(11)12-20-13(25-21-12)8-3-5-22(6-4-8)14(23)24/h1-2,7-8H,3-6H2,(H,23,24). The molecule has 2 aromatic rings. The molecule has 1 fully saturated rings. The van der Waals surface area contributed by atoms with Gasteiger partial charge in [-0.25, -0.2) is 9.18 Å². The smallest absolute Gasteiger partial charge is 0.416 e. The van der Waals surface area contributed by atoms with Crippen molar-refractivity contribution in [3.8, 4) is 11.4 Å². The number of likely N-dealkylation sites (tertiary alicyclic amines) is 1. The van der Waals surface area contributed by atoms with E-state index in [-0.39, 0.29) is 30.7 Å². The van der Waals surface area contributed by atoms with Crippen molar-refractivity contribution in [2.75, 3.05) is 13.1 Å². The van der Waals surface area contributed by atoms with Gasteiger partial charge >= 0.3 is 12.3 Å². The maximum atomic E-state index is 13.9. The van der Waals surface area contributed by atoms with Crippen molar-refractivity contribution in [2.24, 2.45) is 0 Å². The lowest BCUT2D eigenvalue weighted by Gasteiger charge is -2.27. The molecule has 25 heavy (non-hydrogen) atoms. The van der Waals surface area contributed by atoms with Crippen molar-refractivity contribution in [3.63, 3.8) is 0 Å². The van der Waals surface area contributed by atoms with Crippen LogP contribution in [0.2, 0.25) is 0 Å². The maximum Gasteiger partial charge on any atom is 0.416 e. The predicted octanol–water partition coefficient (Wildman–Crippen LogP) is 3.75. The van der Waals surface area contributed by atoms with Crippen LogP contribution in [-0.2, 0) is 6.18 Å². The number of alkyl halides is 3. The van der Waals surface area contributed by atoms with Gasteiger partial charge in [0, 0.05) is 19.0 Å². The van der Waals surface area contributed by atoms with E-state index in [2.05, 4.69) is 10.1 Å². The van der Waals surface area contributed by atoms with E-state index in [1.165, 1.54) is 4.90 Å². The zero-order valence-electron chi connectivity index (χ0n) is 12.8. The minimum absolute atomic E-state index is 0.164. The third-order valence-corrected chi connectivity index (χ3v) is 4.09. The summed E-state index contributed by atoms with van der Waals surface area (Å²) in [6, 6.07) is 1.98. The van der Waals surface area contributed by atoms with Gasteiger partial charge in [0.05, 0.1) is 11.1 Å². The molecule has 1 aliphatic rings. The van der Waals surface area contributed by atoms with Crippen LogP contribution in [0.15, 0.2) is 22.7 Å². The summed E-state index contributed by atoms with van der Waals surface area (Å²) in [5.74, 6) is -1.21. The van der Waals surface area contributed by atoms with E-state index in [1.807, 2.05) is 0 Å². The summed E-state index contributed by atoms with van der Waals surface area (Å²) < 4.78 is 57.3. The summed E-state index contributed by atoms with van der Waals surface area (Å²) in [7, 11) is 0. The van der Waals surface area contributed by atoms with Gasteiger partial charge in [-0.1, -0.05) is 5.16 Å². The average molecular weight is 359 g/mol. The van der Waals surface area contributed by atoms with E-state index < -0.39 is 29.2 Å². The van der Waals surface area contributed by atoms with E-state index in [0.29, 0.717) is 31.0 Å². The Hall–Kier alpha value is -2.65. The summed E-state index contributed by atoms with van der Waals surface area (Å²) in [5, 5.41) is 12.5. The second-order valence-corrected chi connectivity index (χ2v) is 5.69. The van der Waals surface area contributed by atoms with Crippen LogP contribution < -0.4 is 0 Å². The normalized spacial score (nSPS) is 16.2. The maximum absolute atomic E-state index is 13.9. The summed E-state index contributed by atoms with van der Waals surface area (Å²) >= 11 is 0. The largest absolute Gasteiger partial charge is 0.465 e. The number of amides is 1. The van der Waals surface area contributed by atoms with Crippen molar-refractivity contribution < 1.29 is 32.0 Å². The molecule has 10 heteroatoms. The molecular formula is C15H13F4N3O3. The number of carboxylic acid groups (broad SMARTS) is 1. The second kappa shape index (κ2) is 6.34. The molecule has 0 bridgehead atoms. The molecule has 1 aromatic heterocycles. The van der Waals surface area contributed by atoms with Crippen LogP contribution in [0.4, 0.5) is 22.4 Å². The summed E-state index contributed by atoms with van der Waals surface area (Å²) in [6.07, 6.45) is -4.74. The predicted molar refractivity (Wildman–Crippen MR) is 76.3 cm³/mol. The molecular weight excluding hydrogens is 346 g/mol. The van der Waals surface area contributed by atoms with Gasteiger partial charge in [0.25, 0.3) is 0 Å². The lowest BCUT2D eigenvalue weighted by Crippen LogP contribution is -2.36. The highest BCUT2D eigenvalue weighted by molar-refractivity contribution is 5.65. The Morgan fingerprint density at radius 3 is 2.56 bits per heavy atom. The number of aromatic nitrogens is 2. The Morgan fingerprint density at radius 1 is 1.28 bits per heavy atom. The molecule has 6 nitrogen and oxygen atoms in total. The highest BCUT2D eigenvalue weighted by Gasteiger charge is 2.32. The van der Waals surface area contributed by atoms with Crippen LogP contribution in [0, 0.1) is 5.82 Å². The van der Waals surface area contributed by atoms with Crippen molar-refractivity contribution in [1.82, 2.24) is 15.0 Å². The quantitative estimate of drug-likeness (QED) is 0.826. The number of rotatable bonds is 2. The fourth-order valence-corrected chi connectivity index (χ4v) is 2.70. The molecule has 1 amide bonds. The first-order valence-corrected chi connectivity index (χ1v) is 7.44. The number of piperidine rings is 1. The van der Waals surface area contributed by atoms with Gasteiger partial charge in [0.1, 0.15) is 5.82 Å². The monoisotopic (exact) mass is 359 g/mol. The molecule has 0 saturated carbocycles. The van der Waals surface area contributed by atoms with Crippen molar-refractivity contribution in [2.45, 2.75) is 24.9 Å². The third-order valence-electron chi connectivity index (χ3n) is 4.09. The molecule has 0 spiro atoms. The second-order valence-electron chi connectivity index (χ2n) is 5.69. The minimum atomic E-state index is -4.61. The van der Waals surface area contributed by atoms with Gasteiger partial charge in [0.2, 0.25) is 11.7 Å². The Bertz CT molecular complexity index is 783. The molecule has 134 valence electrons. The lowest BCUT2D eigenvalue weighted by molar-refractivity contribution is -0.137. The lowest BCUT2D eigenvalue weighted by atomic mass is 9.97. The number of benzene rings is 1. The Kier molecular flexibility index (Phi) is 4.36. The van der Waals surface area contributed by atoms with Gasteiger partial charge in [-0.15, -0.1) is 0 Å². The molecule has 3 rings (SSSR count). The van der Waals surface area contributed by atoms with Crippen LogP contribution in [0.3, 0.4) is 0 Å². The van der Waals surface area contributed by atoms with Crippen LogP contribution in [0.5, 0.6) is 0 Å². The first kappa shape index (κ1) is 17.2. The average Bonchev–Trinajstić information content (AvgIpc) is 3.04. The highest BCUT2D eigenvalue weighted by atomic mass is 19.4. The zero-order chi connectivity index (χ0) is 18.2. The molecule has 0 atom stereocenters. The number of nitrogens with zero attached hydrogens (tertiary/aromatic N) is 3.